The van der Waals surface area contributed by atoms with Gasteiger partial charge in [-0.2, -0.15) is 0 Å². The van der Waals surface area contributed by atoms with Crippen LogP contribution in [0.5, 0.6) is 5.75 Å². The van der Waals surface area contributed by atoms with Gasteiger partial charge in [0.15, 0.2) is 0 Å². The number of hydrogen-bond acceptors (Lipinski definition) is 5. The molecule has 0 bridgehead atoms. The smallest absolute Gasteiger partial charge is 0.339 e. The van der Waals surface area contributed by atoms with Crippen LogP contribution in [0.1, 0.15) is 29.2 Å². The fraction of sp³-hybridized carbons (Fsp3) is 0.273. The van der Waals surface area contributed by atoms with Crippen molar-refractivity contribution in [2.45, 2.75) is 18.1 Å². The van der Waals surface area contributed by atoms with E-state index in [0.717, 1.165) is 29.8 Å². The topological polar surface area (TPSA) is 68.1 Å². The van der Waals surface area contributed by atoms with Crippen molar-refractivity contribution in [1.82, 2.24) is 0 Å². The zero-order chi connectivity index (χ0) is 19.9. The molecule has 6 heteroatoms. The largest absolute Gasteiger partial charge is 0.503 e. The van der Waals surface area contributed by atoms with Gasteiger partial charge in [-0.15, -0.1) is 11.8 Å². The fourth-order valence-electron chi connectivity index (χ4n) is 3.00. The third kappa shape index (κ3) is 4.95. The molecular formula is C22H23NO4S. The average molecular weight is 397 g/mol. The van der Waals surface area contributed by atoms with Gasteiger partial charge in [0, 0.05) is 5.25 Å². The minimum atomic E-state index is -0.999. The number of aliphatic carboxylic acids is 1. The zero-order valence-corrected chi connectivity index (χ0v) is 16.7. The molecule has 0 aliphatic heterocycles. The van der Waals surface area contributed by atoms with Crippen molar-refractivity contribution in [3.05, 3.63) is 65.9 Å². The predicted octanol–water partition coefficient (Wildman–Crippen LogP) is 5.31. The molecular weight excluding hydrogens is 374 g/mol. The number of carboxylic acids is 1. The number of thioether (sulfide) groups is 1. The van der Waals surface area contributed by atoms with E-state index in [1.54, 1.807) is 18.9 Å². The Bertz CT molecular complexity index is 872. The van der Waals surface area contributed by atoms with Crippen LogP contribution in [-0.2, 0) is 9.53 Å². The number of carbonyl (C=O) groups is 1. The second-order valence-corrected chi connectivity index (χ2v) is 7.48. The molecule has 1 aliphatic carbocycles. The van der Waals surface area contributed by atoms with Crippen molar-refractivity contribution < 1.29 is 19.4 Å². The molecule has 0 amide bonds. The molecule has 2 aromatic carbocycles. The van der Waals surface area contributed by atoms with E-state index in [4.69, 9.17) is 9.47 Å². The molecule has 1 aliphatic rings. The van der Waals surface area contributed by atoms with Gasteiger partial charge in [-0.3, -0.25) is 4.99 Å². The molecule has 1 N–H and O–H groups in total. The summed E-state index contributed by atoms with van der Waals surface area (Å²) in [6, 6.07) is 15.2. The number of nitrogens with zero attached hydrogens (tertiary/aromatic N) is 1. The van der Waals surface area contributed by atoms with Gasteiger partial charge in [0.05, 0.1) is 31.7 Å². The van der Waals surface area contributed by atoms with Crippen LogP contribution in [0.15, 0.2) is 59.8 Å². The van der Waals surface area contributed by atoms with E-state index in [-0.39, 0.29) is 10.8 Å². The maximum Gasteiger partial charge on any atom is 0.339 e. The lowest BCUT2D eigenvalue weighted by Gasteiger charge is -2.18. The number of rotatable bonds is 9. The Morgan fingerprint density at radius 2 is 1.89 bits per heavy atom. The summed E-state index contributed by atoms with van der Waals surface area (Å²) in [6.45, 7) is 0. The maximum atomic E-state index is 11.7. The number of aliphatic imine (C=N–C) groups is 1. The Kier molecular flexibility index (Phi) is 6.76. The Labute approximate surface area is 169 Å². The Morgan fingerprint density at radius 3 is 2.50 bits per heavy atom. The molecule has 0 spiro atoms. The SMILES string of the molecule is COC=C(C(=O)O)c1ccccc1C(SC=Nc1ccc(OC)cc1)C1CC1. The molecule has 0 heterocycles. The molecule has 28 heavy (non-hydrogen) atoms. The molecule has 0 radical (unpaired) electrons. The lowest BCUT2D eigenvalue weighted by atomic mass is 9.96. The molecule has 0 aromatic heterocycles. The number of ether oxygens (including phenoxy) is 2. The number of methoxy groups -OCH3 is 2. The van der Waals surface area contributed by atoms with Crippen LogP contribution in [0, 0.1) is 5.92 Å². The standard InChI is InChI=1S/C22H23NO4S/c1-26-13-20(22(24)25)18-5-3-4-6-19(18)21(15-7-8-15)28-14-23-16-9-11-17(27-2)12-10-16/h3-6,9-15,21H,7-8H2,1-2H3,(H,24,25). The molecule has 0 saturated heterocycles. The fourth-order valence-corrected chi connectivity index (χ4v) is 4.16. The molecule has 1 unspecified atom stereocenters. The summed E-state index contributed by atoms with van der Waals surface area (Å²) in [5.74, 6) is 0.314. The Morgan fingerprint density at radius 1 is 1.18 bits per heavy atom. The molecule has 1 atom stereocenters. The summed E-state index contributed by atoms with van der Waals surface area (Å²) in [4.78, 5) is 16.2. The van der Waals surface area contributed by atoms with Gasteiger partial charge in [-0.1, -0.05) is 24.3 Å². The summed E-state index contributed by atoms with van der Waals surface area (Å²) in [7, 11) is 3.09. The van der Waals surface area contributed by atoms with Gasteiger partial charge in [0.2, 0.25) is 0 Å². The van der Waals surface area contributed by atoms with E-state index in [0.29, 0.717) is 11.5 Å². The first-order valence-corrected chi connectivity index (χ1v) is 9.96. The minimum absolute atomic E-state index is 0.151. The quantitative estimate of drug-likeness (QED) is 0.269. The summed E-state index contributed by atoms with van der Waals surface area (Å²) < 4.78 is 10.2. The van der Waals surface area contributed by atoms with Gasteiger partial charge in [-0.05, 0) is 54.2 Å². The molecule has 3 rings (SSSR count). The van der Waals surface area contributed by atoms with Crippen LogP contribution in [0.4, 0.5) is 5.69 Å². The highest BCUT2D eigenvalue weighted by atomic mass is 32.2. The first-order chi connectivity index (χ1) is 13.6. The molecule has 146 valence electrons. The third-order valence-corrected chi connectivity index (χ3v) is 5.71. The monoisotopic (exact) mass is 397 g/mol. The van der Waals surface area contributed by atoms with Crippen molar-refractivity contribution in [2.75, 3.05) is 14.2 Å². The molecule has 1 fully saturated rings. The van der Waals surface area contributed by atoms with Gasteiger partial charge < -0.3 is 14.6 Å². The molecule has 5 nitrogen and oxygen atoms in total. The van der Waals surface area contributed by atoms with Gasteiger partial charge in [0.1, 0.15) is 11.3 Å². The van der Waals surface area contributed by atoms with E-state index < -0.39 is 5.97 Å². The van der Waals surface area contributed by atoms with E-state index >= 15 is 0 Å². The van der Waals surface area contributed by atoms with Crippen LogP contribution in [-0.4, -0.2) is 30.8 Å². The summed E-state index contributed by atoms with van der Waals surface area (Å²) >= 11 is 1.63. The highest BCUT2D eigenvalue weighted by Gasteiger charge is 2.34. The van der Waals surface area contributed by atoms with Crippen LogP contribution in [0.25, 0.3) is 5.57 Å². The zero-order valence-electron chi connectivity index (χ0n) is 15.9. The molecule has 2 aromatic rings. The second-order valence-electron chi connectivity index (χ2n) is 6.49. The highest BCUT2D eigenvalue weighted by Crippen LogP contribution is 2.50. The van der Waals surface area contributed by atoms with Crippen LogP contribution >= 0.6 is 11.8 Å². The van der Waals surface area contributed by atoms with Crippen LogP contribution in [0.3, 0.4) is 0 Å². The highest BCUT2D eigenvalue weighted by molar-refractivity contribution is 8.12. The minimum Gasteiger partial charge on any atom is -0.503 e. The Hall–Kier alpha value is -2.73. The normalized spacial score (nSPS) is 15.4. The first kappa shape index (κ1) is 20.0. The van der Waals surface area contributed by atoms with Crippen molar-refractivity contribution >= 4 is 34.5 Å². The lowest BCUT2D eigenvalue weighted by Crippen LogP contribution is -2.07. The first-order valence-electron chi connectivity index (χ1n) is 9.01. The molecule has 1 saturated carbocycles. The van der Waals surface area contributed by atoms with Crippen molar-refractivity contribution in [2.24, 2.45) is 10.9 Å². The maximum absolute atomic E-state index is 11.7. The number of benzene rings is 2. The van der Waals surface area contributed by atoms with E-state index in [9.17, 15) is 9.90 Å². The summed E-state index contributed by atoms with van der Waals surface area (Å²) in [5.41, 5.74) is 4.56. The van der Waals surface area contributed by atoms with Crippen molar-refractivity contribution in [1.29, 1.82) is 0 Å². The summed E-state index contributed by atoms with van der Waals surface area (Å²) in [6.07, 6.45) is 3.57. The van der Waals surface area contributed by atoms with E-state index in [2.05, 4.69) is 4.99 Å². The van der Waals surface area contributed by atoms with Crippen LogP contribution in [0.2, 0.25) is 0 Å². The number of hydrogen-bond donors (Lipinski definition) is 1. The number of carboxylic acid groups (broad SMARTS) is 1. The third-order valence-electron chi connectivity index (χ3n) is 4.56. The lowest BCUT2D eigenvalue weighted by molar-refractivity contribution is -0.130. The van der Waals surface area contributed by atoms with Crippen molar-refractivity contribution in [3.8, 4) is 5.75 Å². The van der Waals surface area contributed by atoms with Crippen LogP contribution < -0.4 is 4.74 Å². The van der Waals surface area contributed by atoms with Gasteiger partial charge in [0.25, 0.3) is 0 Å². The van der Waals surface area contributed by atoms with Gasteiger partial charge >= 0.3 is 5.97 Å². The second kappa shape index (κ2) is 9.46. The summed E-state index contributed by atoms with van der Waals surface area (Å²) in [5, 5.41) is 9.74. The van der Waals surface area contributed by atoms with Crippen molar-refractivity contribution in [3.63, 3.8) is 0 Å². The average Bonchev–Trinajstić information content (AvgIpc) is 3.55. The predicted molar refractivity (Wildman–Crippen MR) is 113 cm³/mol. The van der Waals surface area contributed by atoms with Gasteiger partial charge in [-0.25, -0.2) is 4.79 Å². The van der Waals surface area contributed by atoms with E-state index in [1.807, 2.05) is 54.1 Å². The van der Waals surface area contributed by atoms with E-state index in [1.165, 1.54) is 13.4 Å². The Balaban J connectivity index is 1.84.